The predicted octanol–water partition coefficient (Wildman–Crippen LogP) is 2.56. The van der Waals surface area contributed by atoms with Crippen molar-refractivity contribution in [3.05, 3.63) is 54.6 Å². The van der Waals surface area contributed by atoms with Crippen molar-refractivity contribution in [3.63, 3.8) is 0 Å². The standard InChI is InChI=1S/C19H17F3N6O3S/c20-19(21,22)31-15-8-6-14(7-9-15)28-18(24-25-26-28)32-12-17(30)27(11-10-16(23)29)13-4-2-1-3-5-13/h1-9H,10-12H2,(H2,23,29). The molecule has 0 fully saturated rings. The molecule has 168 valence electrons. The maximum atomic E-state index is 12.8. The number of primary amides is 1. The largest absolute Gasteiger partial charge is 0.573 e. The van der Waals surface area contributed by atoms with Crippen molar-refractivity contribution >= 4 is 29.3 Å². The first kappa shape index (κ1) is 23.1. The number of ether oxygens (including phenoxy) is 1. The molecule has 3 rings (SSSR count). The highest BCUT2D eigenvalue weighted by Crippen LogP contribution is 2.25. The highest BCUT2D eigenvalue weighted by molar-refractivity contribution is 7.99. The molecule has 0 aliphatic rings. The zero-order valence-corrected chi connectivity index (χ0v) is 17.2. The fourth-order valence-corrected chi connectivity index (χ4v) is 3.42. The third kappa shape index (κ3) is 6.44. The van der Waals surface area contributed by atoms with E-state index in [0.717, 1.165) is 23.9 Å². The minimum Gasteiger partial charge on any atom is -0.406 e. The van der Waals surface area contributed by atoms with Crippen molar-refractivity contribution in [1.29, 1.82) is 0 Å². The van der Waals surface area contributed by atoms with Gasteiger partial charge in [-0.05, 0) is 46.8 Å². The van der Waals surface area contributed by atoms with Crippen LogP contribution in [0.3, 0.4) is 0 Å². The van der Waals surface area contributed by atoms with E-state index in [0.29, 0.717) is 11.4 Å². The lowest BCUT2D eigenvalue weighted by atomic mass is 10.2. The van der Waals surface area contributed by atoms with Crippen LogP contribution in [0.1, 0.15) is 6.42 Å². The van der Waals surface area contributed by atoms with E-state index in [9.17, 15) is 22.8 Å². The average molecular weight is 466 g/mol. The number of carbonyl (C=O) groups excluding carboxylic acids is 2. The van der Waals surface area contributed by atoms with Gasteiger partial charge in [0.15, 0.2) is 0 Å². The fraction of sp³-hybridized carbons (Fsp3) is 0.211. The van der Waals surface area contributed by atoms with Gasteiger partial charge in [0.2, 0.25) is 17.0 Å². The van der Waals surface area contributed by atoms with Crippen molar-refractivity contribution in [2.24, 2.45) is 5.73 Å². The van der Waals surface area contributed by atoms with E-state index in [1.54, 1.807) is 30.3 Å². The lowest BCUT2D eigenvalue weighted by Crippen LogP contribution is -2.35. The van der Waals surface area contributed by atoms with Gasteiger partial charge >= 0.3 is 6.36 Å². The molecule has 0 unspecified atom stereocenters. The predicted molar refractivity (Wildman–Crippen MR) is 109 cm³/mol. The number of rotatable bonds is 9. The SMILES string of the molecule is NC(=O)CCN(C(=O)CSc1nnnn1-c1ccc(OC(F)(F)F)cc1)c1ccccc1. The highest BCUT2D eigenvalue weighted by Gasteiger charge is 2.31. The highest BCUT2D eigenvalue weighted by atomic mass is 32.2. The first-order valence-electron chi connectivity index (χ1n) is 9.14. The Morgan fingerprint density at radius 3 is 2.41 bits per heavy atom. The normalized spacial score (nSPS) is 11.2. The van der Waals surface area contributed by atoms with Crippen LogP contribution in [-0.2, 0) is 9.59 Å². The maximum absolute atomic E-state index is 12.8. The summed E-state index contributed by atoms with van der Waals surface area (Å²) in [6.45, 7) is 0.115. The Kier molecular flexibility index (Phi) is 7.30. The number of nitrogens with zero attached hydrogens (tertiary/aromatic N) is 5. The second-order valence-corrected chi connectivity index (χ2v) is 7.24. The van der Waals surface area contributed by atoms with E-state index in [1.165, 1.54) is 21.7 Å². The summed E-state index contributed by atoms with van der Waals surface area (Å²) in [5.41, 5.74) is 6.21. The van der Waals surface area contributed by atoms with Crippen LogP contribution in [0.15, 0.2) is 59.8 Å². The minimum absolute atomic E-state index is 0.00458. The monoisotopic (exact) mass is 466 g/mol. The molecule has 0 aliphatic heterocycles. The van der Waals surface area contributed by atoms with Gasteiger partial charge in [0.1, 0.15) is 5.75 Å². The molecule has 0 atom stereocenters. The van der Waals surface area contributed by atoms with Crippen molar-refractivity contribution in [2.75, 3.05) is 17.2 Å². The van der Waals surface area contributed by atoms with Crippen LogP contribution in [0, 0.1) is 0 Å². The molecule has 0 spiro atoms. The second kappa shape index (κ2) is 10.1. The Bertz CT molecular complexity index is 1060. The van der Waals surface area contributed by atoms with Crippen LogP contribution < -0.4 is 15.4 Å². The molecule has 0 saturated carbocycles. The van der Waals surface area contributed by atoms with Crippen molar-refractivity contribution in [3.8, 4) is 11.4 Å². The molecule has 32 heavy (non-hydrogen) atoms. The summed E-state index contributed by atoms with van der Waals surface area (Å²) in [5.74, 6) is -1.27. The first-order chi connectivity index (χ1) is 15.2. The van der Waals surface area contributed by atoms with Gasteiger partial charge in [-0.2, -0.15) is 4.68 Å². The first-order valence-corrected chi connectivity index (χ1v) is 10.1. The fourth-order valence-electron chi connectivity index (χ4n) is 2.65. The van der Waals surface area contributed by atoms with E-state index >= 15 is 0 Å². The minimum atomic E-state index is -4.79. The zero-order chi connectivity index (χ0) is 23.1. The number of benzene rings is 2. The van der Waals surface area contributed by atoms with Gasteiger partial charge in [-0.3, -0.25) is 9.59 Å². The smallest absolute Gasteiger partial charge is 0.406 e. The molecule has 0 radical (unpaired) electrons. The quantitative estimate of drug-likeness (QED) is 0.482. The molecule has 0 saturated heterocycles. The van der Waals surface area contributed by atoms with Crippen molar-refractivity contribution in [2.45, 2.75) is 17.9 Å². The Balaban J connectivity index is 1.70. The van der Waals surface area contributed by atoms with Crippen LogP contribution in [0.5, 0.6) is 5.75 Å². The summed E-state index contributed by atoms with van der Waals surface area (Å²) in [5, 5.41) is 11.5. The molecule has 9 nitrogen and oxygen atoms in total. The number of para-hydroxylation sites is 1. The number of anilines is 1. The van der Waals surface area contributed by atoms with Crippen LogP contribution >= 0.6 is 11.8 Å². The number of nitrogens with two attached hydrogens (primary N) is 1. The third-order valence-electron chi connectivity index (χ3n) is 4.03. The molecule has 2 aromatic carbocycles. The van der Waals surface area contributed by atoms with Crippen molar-refractivity contribution in [1.82, 2.24) is 20.2 Å². The average Bonchev–Trinajstić information content (AvgIpc) is 3.21. The van der Waals surface area contributed by atoms with E-state index in [4.69, 9.17) is 5.73 Å². The molecular weight excluding hydrogens is 449 g/mol. The number of amides is 2. The number of carbonyl (C=O) groups is 2. The number of thioether (sulfide) groups is 1. The van der Waals surface area contributed by atoms with Crippen LogP contribution in [0.2, 0.25) is 0 Å². The topological polar surface area (TPSA) is 116 Å². The number of alkyl halides is 3. The lowest BCUT2D eigenvalue weighted by Gasteiger charge is -2.22. The number of aromatic nitrogens is 4. The number of hydrogen-bond acceptors (Lipinski definition) is 7. The molecular formula is C19H17F3N6O3S. The van der Waals surface area contributed by atoms with Gasteiger partial charge in [0.05, 0.1) is 11.4 Å². The van der Waals surface area contributed by atoms with Crippen LogP contribution in [0.4, 0.5) is 18.9 Å². The van der Waals surface area contributed by atoms with Crippen molar-refractivity contribution < 1.29 is 27.5 Å². The summed E-state index contributed by atoms with van der Waals surface area (Å²) < 4.78 is 42.1. The van der Waals surface area contributed by atoms with Crippen LogP contribution in [0.25, 0.3) is 5.69 Å². The number of hydrogen-bond donors (Lipinski definition) is 1. The Morgan fingerprint density at radius 1 is 1.09 bits per heavy atom. The third-order valence-corrected chi connectivity index (χ3v) is 4.94. The maximum Gasteiger partial charge on any atom is 0.573 e. The van der Waals surface area contributed by atoms with E-state index in [-0.39, 0.29) is 35.5 Å². The van der Waals surface area contributed by atoms with E-state index in [1.807, 2.05) is 0 Å². The van der Waals surface area contributed by atoms with Gasteiger partial charge in [0.25, 0.3) is 0 Å². The summed E-state index contributed by atoms with van der Waals surface area (Å²) in [4.78, 5) is 25.5. The Morgan fingerprint density at radius 2 is 1.78 bits per heavy atom. The van der Waals surface area contributed by atoms with Gasteiger partial charge in [-0.15, -0.1) is 18.3 Å². The lowest BCUT2D eigenvalue weighted by molar-refractivity contribution is -0.274. The van der Waals surface area contributed by atoms with E-state index in [2.05, 4.69) is 20.3 Å². The molecule has 1 aromatic heterocycles. The van der Waals surface area contributed by atoms with Gasteiger partial charge in [-0.25, -0.2) is 0 Å². The molecule has 3 aromatic rings. The molecule has 0 aliphatic carbocycles. The van der Waals surface area contributed by atoms with Gasteiger partial charge < -0.3 is 15.4 Å². The van der Waals surface area contributed by atoms with Gasteiger partial charge in [0, 0.05) is 18.7 Å². The van der Waals surface area contributed by atoms with Gasteiger partial charge in [-0.1, -0.05) is 30.0 Å². The summed E-state index contributed by atoms with van der Waals surface area (Å²) in [6.07, 6.45) is -4.80. The molecule has 2 amide bonds. The number of tetrazole rings is 1. The summed E-state index contributed by atoms with van der Waals surface area (Å²) in [6, 6.07) is 13.8. The molecule has 0 bridgehead atoms. The van der Waals surface area contributed by atoms with Crippen LogP contribution in [-0.4, -0.2) is 50.7 Å². The number of halogens is 3. The molecule has 1 heterocycles. The second-order valence-electron chi connectivity index (χ2n) is 6.30. The Labute approximate surface area is 184 Å². The summed E-state index contributed by atoms with van der Waals surface area (Å²) in [7, 11) is 0. The Hall–Kier alpha value is -3.61. The van der Waals surface area contributed by atoms with E-state index < -0.39 is 12.3 Å². The zero-order valence-electron chi connectivity index (χ0n) is 16.4. The molecule has 2 N–H and O–H groups in total. The summed E-state index contributed by atoms with van der Waals surface area (Å²) >= 11 is 1.04. The molecule has 13 heteroatoms.